The van der Waals surface area contributed by atoms with Crippen molar-refractivity contribution in [3.05, 3.63) is 119 Å². The van der Waals surface area contributed by atoms with E-state index in [9.17, 15) is 29.7 Å². The lowest BCUT2D eigenvalue weighted by Crippen LogP contribution is -2.58. The minimum absolute atomic E-state index is 0.0274. The number of tetrazole rings is 4. The van der Waals surface area contributed by atoms with Crippen molar-refractivity contribution in [3.8, 4) is 45.6 Å². The van der Waals surface area contributed by atoms with E-state index in [4.69, 9.17) is 0 Å². The minimum atomic E-state index is -2.39. The molecule has 0 unspecified atom stereocenters. The van der Waals surface area contributed by atoms with Crippen LogP contribution >= 0.6 is 0 Å². The minimum Gasteiger partial charge on any atom is -0.478 e. The van der Waals surface area contributed by atoms with Crippen LogP contribution in [0.1, 0.15) is 36.6 Å². The molecule has 8 aromatic rings. The summed E-state index contributed by atoms with van der Waals surface area (Å²) in [4.78, 5) is 39.3. The first-order chi connectivity index (χ1) is 26.6. The molecule has 0 saturated carbocycles. The summed E-state index contributed by atoms with van der Waals surface area (Å²) >= 11 is 0. The fourth-order valence-electron chi connectivity index (χ4n) is 5.51. The summed E-state index contributed by atoms with van der Waals surface area (Å²) in [5.74, 6) is -5.98. The van der Waals surface area contributed by atoms with Crippen LogP contribution in [0.5, 0.6) is 0 Å². The van der Waals surface area contributed by atoms with Crippen LogP contribution in [-0.4, -0.2) is 114 Å². The van der Waals surface area contributed by atoms with E-state index in [1.807, 2.05) is 0 Å². The summed E-state index contributed by atoms with van der Waals surface area (Å²) in [5.41, 5.74) is 1.86. The number of aryl methyl sites for hydroxylation is 1. The van der Waals surface area contributed by atoms with Gasteiger partial charge in [0, 0.05) is 22.3 Å². The van der Waals surface area contributed by atoms with E-state index in [2.05, 4.69) is 61.6 Å². The molecule has 4 aromatic heterocycles. The lowest BCUT2D eigenvalue weighted by molar-refractivity contribution is -0.00600. The lowest BCUT2D eigenvalue weighted by Gasteiger charge is -2.26. The fourth-order valence-corrected chi connectivity index (χ4v) is 5.51. The van der Waals surface area contributed by atoms with E-state index in [0.29, 0.717) is 11.1 Å². The van der Waals surface area contributed by atoms with Gasteiger partial charge in [0.15, 0.2) is 0 Å². The van der Waals surface area contributed by atoms with Crippen LogP contribution in [0.25, 0.3) is 45.6 Å². The predicted molar refractivity (Wildman–Crippen MR) is 183 cm³/mol. The molecule has 8 rings (SSSR count). The molecule has 0 aliphatic rings. The van der Waals surface area contributed by atoms with Crippen molar-refractivity contribution in [2.45, 2.75) is 12.8 Å². The molecule has 0 bridgehead atoms. The Morgan fingerprint density at radius 2 is 0.836 bits per heavy atom. The number of hydrogen-bond acceptors (Lipinski definition) is 15. The zero-order valence-corrected chi connectivity index (χ0v) is 28.0. The van der Waals surface area contributed by atoms with Gasteiger partial charge >= 0.3 is 23.8 Å². The number of hydrogen-bond donors (Lipinski definition) is 3. The van der Waals surface area contributed by atoms with E-state index in [1.165, 1.54) is 48.5 Å². The van der Waals surface area contributed by atoms with Gasteiger partial charge in [-0.2, -0.15) is 0 Å². The smallest absolute Gasteiger partial charge is 0.424 e. The lowest BCUT2D eigenvalue weighted by atomic mass is 10.1. The Hall–Kier alpha value is -8.43. The van der Waals surface area contributed by atoms with Crippen molar-refractivity contribution in [1.29, 1.82) is 0 Å². The molecule has 4 heterocycles. The van der Waals surface area contributed by atoms with E-state index in [1.54, 1.807) is 55.5 Å². The van der Waals surface area contributed by atoms with Gasteiger partial charge in [0.25, 0.3) is 0 Å². The standard InChI is InChI=1S/C33H22N16O6/c1-18-13-24(17-25(14-18)32(54)55)29-37-45-49(41-29)33(46-38-26(34-42-46)19-7-3-2-4-8-19,47-39-27(35-43-47)20-9-5-11-22(15-20)30(50)51)48-40-28(36-44-48)21-10-6-12-23(16-21)31(52)53/h2-17H,1H3,(H,50,51)(H,52,53)(H,54,55). The second-order valence-electron chi connectivity index (χ2n) is 11.7. The first-order valence-corrected chi connectivity index (χ1v) is 15.9. The van der Waals surface area contributed by atoms with E-state index < -0.39 is 23.8 Å². The maximum absolute atomic E-state index is 11.9. The zero-order chi connectivity index (χ0) is 38.3. The highest BCUT2D eigenvalue weighted by Crippen LogP contribution is 2.26. The molecule has 0 aliphatic heterocycles. The summed E-state index contributed by atoms with van der Waals surface area (Å²) < 4.78 is 0. The molecule has 270 valence electrons. The Morgan fingerprint density at radius 1 is 0.455 bits per heavy atom. The van der Waals surface area contributed by atoms with Crippen molar-refractivity contribution in [2.75, 3.05) is 0 Å². The SMILES string of the molecule is Cc1cc(C(=O)O)cc(-c2nnn(C(n3nnc(-c4ccccc4)n3)(n3nnc(-c4cccc(C(=O)O)c4)n3)n3nnc(-c4cccc(C(=O)O)c4)n3)n2)c1. The molecule has 0 amide bonds. The zero-order valence-electron chi connectivity index (χ0n) is 28.0. The molecule has 55 heavy (non-hydrogen) atoms. The molecule has 0 spiro atoms. The summed E-state index contributed by atoms with van der Waals surface area (Å²) in [5, 5.41) is 81.4. The van der Waals surface area contributed by atoms with Crippen LogP contribution in [-0.2, 0) is 5.91 Å². The third-order valence-electron chi connectivity index (χ3n) is 8.08. The average molecular weight is 739 g/mol. The number of aromatic carboxylic acids is 3. The van der Waals surface area contributed by atoms with Crippen molar-refractivity contribution in [2.24, 2.45) is 0 Å². The second-order valence-corrected chi connectivity index (χ2v) is 11.7. The third kappa shape index (κ3) is 6.05. The number of carboxylic acid groups (broad SMARTS) is 3. The summed E-state index contributed by atoms with van der Waals surface area (Å²) in [6, 6.07) is 25.0. The van der Waals surface area contributed by atoms with Crippen molar-refractivity contribution in [1.82, 2.24) is 80.8 Å². The third-order valence-corrected chi connectivity index (χ3v) is 8.08. The maximum Gasteiger partial charge on any atom is 0.424 e. The highest BCUT2D eigenvalue weighted by Gasteiger charge is 2.51. The van der Waals surface area contributed by atoms with Gasteiger partial charge in [-0.25, -0.2) is 14.4 Å². The molecule has 0 fully saturated rings. The molecule has 0 saturated heterocycles. The van der Waals surface area contributed by atoms with Gasteiger partial charge in [0.1, 0.15) is 0 Å². The van der Waals surface area contributed by atoms with Crippen molar-refractivity contribution < 1.29 is 29.7 Å². The van der Waals surface area contributed by atoms with Crippen LogP contribution in [0.4, 0.5) is 0 Å². The van der Waals surface area contributed by atoms with E-state index in [0.717, 1.165) is 19.2 Å². The summed E-state index contributed by atoms with van der Waals surface area (Å²) in [6.45, 7) is 1.70. The molecule has 0 aliphatic carbocycles. The van der Waals surface area contributed by atoms with E-state index in [-0.39, 0.29) is 56.7 Å². The Bertz CT molecular complexity index is 2660. The predicted octanol–water partition coefficient (Wildman–Crippen LogP) is 1.92. The van der Waals surface area contributed by atoms with Crippen LogP contribution < -0.4 is 0 Å². The quantitative estimate of drug-likeness (QED) is 0.171. The highest BCUT2D eigenvalue weighted by molar-refractivity contribution is 5.90. The van der Waals surface area contributed by atoms with Gasteiger partial charge in [-0.05, 0) is 75.8 Å². The number of nitrogens with zero attached hydrogens (tertiary/aromatic N) is 16. The fraction of sp³-hybridized carbons (Fsp3) is 0.0606. The van der Waals surface area contributed by atoms with Crippen LogP contribution in [0, 0.1) is 6.92 Å². The van der Waals surface area contributed by atoms with Crippen molar-refractivity contribution >= 4 is 17.9 Å². The van der Waals surface area contributed by atoms with Crippen LogP contribution in [0.2, 0.25) is 0 Å². The molecule has 4 aromatic carbocycles. The number of rotatable bonds is 11. The van der Waals surface area contributed by atoms with Crippen molar-refractivity contribution in [3.63, 3.8) is 0 Å². The molecular formula is C33H22N16O6. The highest BCUT2D eigenvalue weighted by atomic mass is 16.4. The molecule has 0 atom stereocenters. The number of aromatic nitrogens is 16. The van der Waals surface area contributed by atoms with Gasteiger partial charge in [0.05, 0.1) is 16.7 Å². The van der Waals surface area contributed by atoms with Gasteiger partial charge in [-0.3, -0.25) is 0 Å². The topological polar surface area (TPSA) is 286 Å². The van der Waals surface area contributed by atoms with Gasteiger partial charge in [-0.1, -0.05) is 73.8 Å². The molecular weight excluding hydrogens is 716 g/mol. The first kappa shape index (κ1) is 33.7. The number of carboxylic acids is 3. The van der Waals surface area contributed by atoms with Crippen LogP contribution in [0.15, 0.2) is 97.1 Å². The largest absolute Gasteiger partial charge is 0.478 e. The van der Waals surface area contributed by atoms with Crippen LogP contribution in [0.3, 0.4) is 0 Å². The van der Waals surface area contributed by atoms with E-state index >= 15 is 0 Å². The Balaban J connectivity index is 1.39. The Labute approximate surface area is 305 Å². The molecule has 22 heteroatoms. The first-order valence-electron chi connectivity index (χ1n) is 15.9. The summed E-state index contributed by atoms with van der Waals surface area (Å²) in [7, 11) is 0. The summed E-state index contributed by atoms with van der Waals surface area (Å²) in [6.07, 6.45) is 0. The molecule has 0 radical (unpaired) electrons. The Kier molecular flexibility index (Phi) is 8.14. The average Bonchev–Trinajstić information content (AvgIpc) is 4.04. The maximum atomic E-state index is 11.9. The number of benzene rings is 4. The number of carbonyl (C=O) groups is 3. The van der Waals surface area contributed by atoms with Gasteiger partial charge in [0.2, 0.25) is 23.3 Å². The second kappa shape index (κ2) is 13.3. The monoisotopic (exact) mass is 738 g/mol. The molecule has 22 nitrogen and oxygen atoms in total. The van der Waals surface area contributed by atoms with Gasteiger partial charge in [-0.15, -0.1) is 40.8 Å². The Morgan fingerprint density at radius 3 is 1.27 bits per heavy atom. The molecule has 3 N–H and O–H groups in total. The normalized spacial score (nSPS) is 11.4. The van der Waals surface area contributed by atoms with Gasteiger partial charge < -0.3 is 15.3 Å².